The van der Waals surface area contributed by atoms with E-state index in [1.165, 1.54) is 21.5 Å². The maximum absolute atomic E-state index is 5.52. The molecule has 0 saturated heterocycles. The predicted octanol–water partition coefficient (Wildman–Crippen LogP) is 13.4. The average Bonchev–Trinajstić information content (AvgIpc) is 4.06. The fraction of sp³-hybridized carbons (Fsp3) is 0. The number of hydrogen-bond donors (Lipinski definition) is 0. The predicted molar refractivity (Wildman–Crippen MR) is 255 cm³/mol. The van der Waals surface area contributed by atoms with E-state index in [4.69, 9.17) is 15.0 Å². The van der Waals surface area contributed by atoms with Crippen molar-refractivity contribution >= 4 is 98.0 Å². The number of aromatic nitrogens is 7. The average molecular weight is 792 g/mol. The lowest BCUT2D eigenvalue weighted by Crippen LogP contribution is -2.13. The van der Waals surface area contributed by atoms with Gasteiger partial charge in [0.2, 0.25) is 17.8 Å². The first-order valence-corrected chi connectivity index (χ1v) is 21.0. The molecule has 14 rings (SSSR count). The molecule has 62 heavy (non-hydrogen) atoms. The molecule has 0 bridgehead atoms. The molecule has 0 amide bonds. The molecule has 0 radical (unpaired) electrons. The second kappa shape index (κ2) is 12.5. The summed E-state index contributed by atoms with van der Waals surface area (Å²) in [4.78, 5) is 16.5. The Morgan fingerprint density at radius 1 is 0.242 bits per heavy atom. The van der Waals surface area contributed by atoms with Crippen LogP contribution < -0.4 is 0 Å². The van der Waals surface area contributed by atoms with Crippen LogP contribution in [0.2, 0.25) is 0 Å². The number of nitrogens with zero attached hydrogens (tertiary/aromatic N) is 7. The summed E-state index contributed by atoms with van der Waals surface area (Å²) in [6.45, 7) is 0. The molecular formula is C55H33N7. The van der Waals surface area contributed by atoms with Crippen LogP contribution in [0.15, 0.2) is 200 Å². The highest BCUT2D eigenvalue weighted by molar-refractivity contribution is 6.26. The van der Waals surface area contributed by atoms with Gasteiger partial charge in [0, 0.05) is 48.5 Å². The first kappa shape index (κ1) is 33.3. The minimum atomic E-state index is 0.534. The third kappa shape index (κ3) is 4.45. The van der Waals surface area contributed by atoms with E-state index in [0.29, 0.717) is 17.8 Å². The molecule has 0 aliphatic rings. The van der Waals surface area contributed by atoms with Gasteiger partial charge >= 0.3 is 0 Å². The van der Waals surface area contributed by atoms with E-state index in [9.17, 15) is 0 Å². The van der Waals surface area contributed by atoms with Crippen molar-refractivity contribution in [3.05, 3.63) is 200 Å². The van der Waals surface area contributed by atoms with Crippen LogP contribution in [0.5, 0.6) is 0 Å². The first-order chi connectivity index (χ1) is 30.8. The van der Waals surface area contributed by atoms with Crippen LogP contribution in [0.4, 0.5) is 0 Å². The maximum atomic E-state index is 5.52. The van der Waals surface area contributed by atoms with Crippen LogP contribution in [-0.2, 0) is 0 Å². The second-order valence-corrected chi connectivity index (χ2v) is 16.0. The number of benzene rings is 9. The van der Waals surface area contributed by atoms with Crippen molar-refractivity contribution in [3.8, 4) is 23.5 Å². The van der Waals surface area contributed by atoms with Crippen LogP contribution in [0, 0.1) is 0 Å². The Morgan fingerprint density at radius 2 is 0.597 bits per heavy atom. The molecule has 9 aromatic carbocycles. The van der Waals surface area contributed by atoms with Crippen LogP contribution in [0.1, 0.15) is 0 Å². The van der Waals surface area contributed by atoms with Crippen molar-refractivity contribution in [2.75, 3.05) is 0 Å². The zero-order valence-electron chi connectivity index (χ0n) is 33.2. The minimum absolute atomic E-state index is 0.534. The monoisotopic (exact) mass is 791 g/mol. The summed E-state index contributed by atoms with van der Waals surface area (Å²) in [6, 6.07) is 71.3. The third-order valence-electron chi connectivity index (χ3n) is 12.8. The van der Waals surface area contributed by atoms with Gasteiger partial charge in [-0.15, -0.1) is 0 Å². The maximum Gasteiger partial charge on any atom is 0.241 e. The molecule has 5 aromatic heterocycles. The molecule has 0 N–H and O–H groups in total. The van der Waals surface area contributed by atoms with E-state index < -0.39 is 0 Å². The zero-order valence-corrected chi connectivity index (χ0v) is 33.2. The van der Waals surface area contributed by atoms with Gasteiger partial charge in [0.15, 0.2) is 0 Å². The van der Waals surface area contributed by atoms with Crippen LogP contribution in [0.25, 0.3) is 122 Å². The Balaban J connectivity index is 1.15. The second-order valence-electron chi connectivity index (χ2n) is 16.0. The molecule has 0 unspecified atom stereocenters. The summed E-state index contributed by atoms with van der Waals surface area (Å²) in [6.07, 6.45) is 0. The van der Waals surface area contributed by atoms with Gasteiger partial charge in [0.1, 0.15) is 0 Å². The Labute approximate surface area is 353 Å². The smallest absolute Gasteiger partial charge is 0.241 e. The van der Waals surface area contributed by atoms with Gasteiger partial charge in [-0.3, -0.25) is 13.7 Å². The molecule has 0 aliphatic carbocycles. The topological polar surface area (TPSA) is 58.4 Å². The van der Waals surface area contributed by atoms with Gasteiger partial charge < -0.3 is 4.57 Å². The van der Waals surface area contributed by atoms with Crippen LogP contribution >= 0.6 is 0 Å². The van der Waals surface area contributed by atoms with E-state index in [2.05, 4.69) is 218 Å². The fourth-order valence-electron chi connectivity index (χ4n) is 10.3. The van der Waals surface area contributed by atoms with Crippen molar-refractivity contribution in [2.24, 2.45) is 0 Å². The van der Waals surface area contributed by atoms with E-state index in [1.54, 1.807) is 0 Å². The van der Waals surface area contributed by atoms with Crippen LogP contribution in [0.3, 0.4) is 0 Å². The quantitative estimate of drug-likeness (QED) is 0.178. The van der Waals surface area contributed by atoms with E-state index in [1.807, 2.05) is 0 Å². The lowest BCUT2D eigenvalue weighted by Gasteiger charge is -2.14. The van der Waals surface area contributed by atoms with Crippen molar-refractivity contribution in [1.82, 2.24) is 33.2 Å². The molecule has 0 saturated carbocycles. The third-order valence-corrected chi connectivity index (χ3v) is 12.8. The van der Waals surface area contributed by atoms with Gasteiger partial charge in [0.25, 0.3) is 0 Å². The van der Waals surface area contributed by atoms with E-state index >= 15 is 0 Å². The molecule has 7 nitrogen and oxygen atoms in total. The molecule has 5 heterocycles. The number of para-hydroxylation sites is 6. The summed E-state index contributed by atoms with van der Waals surface area (Å²) in [5.74, 6) is 1.62. The van der Waals surface area contributed by atoms with Crippen molar-refractivity contribution < 1.29 is 0 Å². The molecular weight excluding hydrogens is 759 g/mol. The molecule has 288 valence electrons. The Bertz CT molecular complexity index is 3940. The van der Waals surface area contributed by atoms with Gasteiger partial charge in [-0.2, -0.15) is 15.0 Å². The Hall–Kier alpha value is -8.55. The largest absolute Gasteiger partial charge is 0.308 e. The summed E-state index contributed by atoms with van der Waals surface area (Å²) in [5, 5.41) is 11.6. The number of hydrogen-bond acceptors (Lipinski definition) is 3. The summed E-state index contributed by atoms with van der Waals surface area (Å²) in [7, 11) is 0. The number of fused-ring (bicyclic) bond motifs is 14. The highest BCUT2D eigenvalue weighted by Gasteiger charge is 2.25. The highest BCUT2D eigenvalue weighted by Crippen LogP contribution is 2.43. The highest BCUT2D eigenvalue weighted by atomic mass is 15.3. The van der Waals surface area contributed by atoms with Gasteiger partial charge in [-0.1, -0.05) is 152 Å². The summed E-state index contributed by atoms with van der Waals surface area (Å²) >= 11 is 0. The first-order valence-electron chi connectivity index (χ1n) is 21.0. The van der Waals surface area contributed by atoms with Gasteiger partial charge in [-0.25, -0.2) is 0 Å². The summed E-state index contributed by atoms with van der Waals surface area (Å²) < 4.78 is 9.09. The molecule has 14 aromatic rings. The Morgan fingerprint density at radius 3 is 1.10 bits per heavy atom. The molecule has 0 atom stereocenters. The van der Waals surface area contributed by atoms with Crippen molar-refractivity contribution in [2.45, 2.75) is 0 Å². The normalized spacial score (nSPS) is 12.2. The number of rotatable bonds is 4. The molecule has 0 aliphatic heterocycles. The van der Waals surface area contributed by atoms with E-state index in [-0.39, 0.29) is 0 Å². The van der Waals surface area contributed by atoms with E-state index in [0.717, 1.165) is 82.1 Å². The SMILES string of the molecule is c1ccc2c(-n3c4ccccc4c4ccc5c(c6ccccc6n5-c5nc(-n6c7ccccc7c7ccccc76)nc(-n6c7ccccc7c7ccccc76)n5)c43)cccc2c1. The lowest BCUT2D eigenvalue weighted by atomic mass is 10.1. The minimum Gasteiger partial charge on any atom is -0.308 e. The zero-order chi connectivity index (χ0) is 40.5. The Kier molecular flexibility index (Phi) is 6.71. The summed E-state index contributed by atoms with van der Waals surface area (Å²) in [5.41, 5.74) is 9.59. The van der Waals surface area contributed by atoms with Gasteiger partial charge in [0.05, 0.1) is 49.8 Å². The molecule has 7 heteroatoms. The molecule has 0 fully saturated rings. The van der Waals surface area contributed by atoms with Crippen molar-refractivity contribution in [1.29, 1.82) is 0 Å². The van der Waals surface area contributed by atoms with Crippen molar-refractivity contribution in [3.63, 3.8) is 0 Å². The lowest BCUT2D eigenvalue weighted by molar-refractivity contribution is 0.848. The van der Waals surface area contributed by atoms with Crippen LogP contribution in [-0.4, -0.2) is 33.2 Å². The standard InChI is InChI=1S/C55H33N7/c1-2-18-35-34(16-1)17-15-31-43(35)59-44-25-9-7-23-40(44)41-32-33-50-51(52(41)59)42-24-8-14-30-49(42)62(50)55-57-53(60-45-26-10-3-19-36(45)37-20-4-11-27-46(37)60)56-54(58-55)61-47-28-12-5-21-38(47)39-22-6-13-29-48(39)61/h1-33H. The van der Waals surface area contributed by atoms with Gasteiger partial charge in [-0.05, 0) is 53.9 Å². The fourth-order valence-corrected chi connectivity index (χ4v) is 10.3. The molecule has 0 spiro atoms.